The average Bonchev–Trinajstić information content (AvgIpc) is 3.53. The fraction of sp³-hybridized carbons (Fsp3) is 0.259. The number of nitrogen functional groups attached to an aromatic ring is 1. The Kier molecular flexibility index (Phi) is 5.93. The third kappa shape index (κ3) is 4.47. The highest BCUT2D eigenvalue weighted by Gasteiger charge is 2.32. The van der Waals surface area contributed by atoms with Crippen molar-refractivity contribution >= 4 is 22.6 Å². The molecular formula is C27H27N7O3. The number of anilines is 1. The van der Waals surface area contributed by atoms with Crippen LogP contribution in [0.25, 0.3) is 16.6 Å². The van der Waals surface area contributed by atoms with Crippen LogP contribution >= 0.6 is 0 Å². The third-order valence-corrected chi connectivity index (χ3v) is 6.94. The van der Waals surface area contributed by atoms with Gasteiger partial charge in [-0.1, -0.05) is 24.3 Å². The summed E-state index contributed by atoms with van der Waals surface area (Å²) in [6, 6.07) is 17.2. The molecule has 2 aromatic heterocycles. The van der Waals surface area contributed by atoms with Gasteiger partial charge >= 0.3 is 0 Å². The molecule has 4 aromatic rings. The first-order valence-electron chi connectivity index (χ1n) is 12.4. The Morgan fingerprint density at radius 3 is 2.57 bits per heavy atom. The Bertz CT molecular complexity index is 1520. The van der Waals surface area contributed by atoms with Gasteiger partial charge in [-0.25, -0.2) is 9.78 Å². The summed E-state index contributed by atoms with van der Waals surface area (Å²) in [5, 5.41) is 15.0. The molecule has 2 aromatic carbocycles. The number of likely N-dealkylation sites (tertiary alicyclic amines) is 1. The molecule has 10 nitrogen and oxygen atoms in total. The predicted molar refractivity (Wildman–Crippen MR) is 140 cm³/mol. The van der Waals surface area contributed by atoms with E-state index in [-0.39, 0.29) is 29.2 Å². The molecule has 0 aliphatic carbocycles. The number of nitrogens with zero attached hydrogens (tertiary/aromatic N) is 4. The lowest BCUT2D eigenvalue weighted by Crippen LogP contribution is -2.41. The Labute approximate surface area is 212 Å². The van der Waals surface area contributed by atoms with Gasteiger partial charge in [0.15, 0.2) is 5.82 Å². The molecule has 2 fully saturated rings. The van der Waals surface area contributed by atoms with E-state index in [0.29, 0.717) is 41.9 Å². The summed E-state index contributed by atoms with van der Waals surface area (Å²) in [5.74, 6) is 1.47. The van der Waals surface area contributed by atoms with Crippen molar-refractivity contribution in [2.75, 3.05) is 25.4 Å². The third-order valence-electron chi connectivity index (χ3n) is 6.94. The quantitative estimate of drug-likeness (QED) is 0.349. The SMILES string of the molecule is Nc1n[nH]c(=O)c2c([C@H]3CCN(C(=O)/C=C/[C@H]4CCN4)C3)nn(-c3ccc(Oc4ccccc4)cc3)c12. The van der Waals surface area contributed by atoms with Gasteiger partial charge in [-0.2, -0.15) is 10.2 Å². The van der Waals surface area contributed by atoms with Gasteiger partial charge < -0.3 is 20.7 Å². The molecule has 2 aliphatic heterocycles. The maximum absolute atomic E-state index is 12.9. The molecule has 6 rings (SSSR count). The van der Waals surface area contributed by atoms with Crippen LogP contribution in [-0.2, 0) is 4.79 Å². The van der Waals surface area contributed by atoms with E-state index < -0.39 is 0 Å². The number of amides is 1. The summed E-state index contributed by atoms with van der Waals surface area (Å²) in [6.07, 6.45) is 5.32. The molecule has 0 spiro atoms. The van der Waals surface area contributed by atoms with E-state index in [2.05, 4.69) is 15.5 Å². The molecule has 4 N–H and O–H groups in total. The first kappa shape index (κ1) is 23.0. The Balaban J connectivity index is 1.30. The number of carbonyl (C=O) groups is 1. The van der Waals surface area contributed by atoms with Crippen molar-refractivity contribution in [3.63, 3.8) is 0 Å². The minimum Gasteiger partial charge on any atom is -0.457 e. The van der Waals surface area contributed by atoms with Crippen LogP contribution in [0.3, 0.4) is 0 Å². The zero-order chi connectivity index (χ0) is 25.4. The van der Waals surface area contributed by atoms with Crippen molar-refractivity contribution in [3.05, 3.63) is 82.8 Å². The molecule has 10 heteroatoms. The fourth-order valence-corrected chi connectivity index (χ4v) is 4.83. The smallest absolute Gasteiger partial charge is 0.275 e. The highest BCUT2D eigenvalue weighted by Crippen LogP contribution is 2.33. The number of rotatable bonds is 6. The number of benzene rings is 2. The number of para-hydroxylation sites is 1. The van der Waals surface area contributed by atoms with Gasteiger partial charge in [0.1, 0.15) is 17.0 Å². The topological polar surface area (TPSA) is 131 Å². The highest BCUT2D eigenvalue weighted by atomic mass is 16.5. The summed E-state index contributed by atoms with van der Waals surface area (Å²) in [5.41, 5.74) is 7.67. The number of nitrogens with two attached hydrogens (primary N) is 1. The van der Waals surface area contributed by atoms with Gasteiger partial charge in [0.2, 0.25) is 5.91 Å². The summed E-state index contributed by atoms with van der Waals surface area (Å²) >= 11 is 0. The van der Waals surface area contributed by atoms with Gasteiger partial charge in [-0.3, -0.25) is 9.59 Å². The molecule has 2 aliphatic rings. The van der Waals surface area contributed by atoms with Crippen LogP contribution in [-0.4, -0.2) is 56.5 Å². The number of nitrogens with one attached hydrogen (secondary N) is 2. The van der Waals surface area contributed by atoms with E-state index in [1.165, 1.54) is 0 Å². The number of aromatic amines is 1. The van der Waals surface area contributed by atoms with E-state index in [9.17, 15) is 9.59 Å². The van der Waals surface area contributed by atoms with Gasteiger partial charge in [-0.05, 0) is 55.8 Å². The second-order valence-electron chi connectivity index (χ2n) is 9.35. The molecule has 37 heavy (non-hydrogen) atoms. The molecule has 188 valence electrons. The van der Waals surface area contributed by atoms with Gasteiger partial charge in [-0.15, -0.1) is 0 Å². The molecule has 2 atom stereocenters. The summed E-state index contributed by atoms with van der Waals surface area (Å²) in [6.45, 7) is 2.07. The van der Waals surface area contributed by atoms with Crippen LogP contribution in [0.5, 0.6) is 11.5 Å². The first-order chi connectivity index (χ1) is 18.1. The number of H-pyrrole nitrogens is 1. The largest absolute Gasteiger partial charge is 0.457 e. The average molecular weight is 498 g/mol. The van der Waals surface area contributed by atoms with Crippen LogP contribution < -0.4 is 21.3 Å². The summed E-state index contributed by atoms with van der Waals surface area (Å²) in [4.78, 5) is 27.4. The number of aromatic nitrogens is 4. The number of fused-ring (bicyclic) bond motifs is 1. The zero-order valence-corrected chi connectivity index (χ0v) is 20.1. The maximum Gasteiger partial charge on any atom is 0.275 e. The molecule has 2 saturated heterocycles. The second-order valence-corrected chi connectivity index (χ2v) is 9.35. The van der Waals surface area contributed by atoms with E-state index >= 15 is 0 Å². The number of ether oxygens (including phenoxy) is 1. The van der Waals surface area contributed by atoms with Crippen molar-refractivity contribution in [3.8, 4) is 17.2 Å². The fourth-order valence-electron chi connectivity index (χ4n) is 4.83. The number of hydrogen-bond acceptors (Lipinski definition) is 7. The normalized spacial score (nSPS) is 19.4. The van der Waals surface area contributed by atoms with Crippen molar-refractivity contribution in [2.45, 2.75) is 24.8 Å². The van der Waals surface area contributed by atoms with Crippen molar-refractivity contribution in [1.29, 1.82) is 0 Å². The van der Waals surface area contributed by atoms with Crippen molar-refractivity contribution in [1.82, 2.24) is 30.2 Å². The Morgan fingerprint density at radius 1 is 1.08 bits per heavy atom. The lowest BCUT2D eigenvalue weighted by Gasteiger charge is -2.24. The lowest BCUT2D eigenvalue weighted by molar-refractivity contribution is -0.125. The van der Waals surface area contributed by atoms with Crippen LogP contribution in [0, 0.1) is 0 Å². The highest BCUT2D eigenvalue weighted by molar-refractivity contribution is 5.91. The van der Waals surface area contributed by atoms with Crippen molar-refractivity contribution in [2.24, 2.45) is 0 Å². The zero-order valence-electron chi connectivity index (χ0n) is 20.1. The predicted octanol–water partition coefficient (Wildman–Crippen LogP) is 2.72. The van der Waals surface area contributed by atoms with Crippen LogP contribution in [0.2, 0.25) is 0 Å². The van der Waals surface area contributed by atoms with E-state index in [1.54, 1.807) is 15.7 Å². The molecule has 0 unspecified atom stereocenters. The Morgan fingerprint density at radius 2 is 1.84 bits per heavy atom. The first-order valence-corrected chi connectivity index (χ1v) is 12.4. The van der Waals surface area contributed by atoms with Gasteiger partial charge in [0, 0.05) is 31.1 Å². The minimum absolute atomic E-state index is 0.0240. The molecule has 4 heterocycles. The second kappa shape index (κ2) is 9.55. The van der Waals surface area contributed by atoms with Crippen LogP contribution in [0.4, 0.5) is 5.82 Å². The standard InChI is InChI=1S/C27H27N7O3/c28-26-25-23(27(36)31-30-26)24(17-13-15-33(16-17)22(35)11-6-18-12-14-29-18)32-34(25)19-7-9-21(10-8-19)37-20-4-2-1-3-5-20/h1-11,17-18,29H,12-16H2,(H2,28,30)(H,31,36)/b11-6+/t17-,18-/m0/s1. The Hall–Kier alpha value is -4.44. The number of carbonyl (C=O) groups excluding carboxylic acids is 1. The molecule has 0 radical (unpaired) electrons. The minimum atomic E-state index is -0.352. The van der Waals surface area contributed by atoms with Gasteiger partial charge in [0.05, 0.1) is 16.8 Å². The summed E-state index contributed by atoms with van der Waals surface area (Å²) in [7, 11) is 0. The van der Waals surface area contributed by atoms with E-state index in [1.807, 2.05) is 60.7 Å². The number of hydrogen-bond donors (Lipinski definition) is 3. The van der Waals surface area contributed by atoms with E-state index in [4.69, 9.17) is 15.6 Å². The van der Waals surface area contributed by atoms with E-state index in [0.717, 1.165) is 24.4 Å². The maximum atomic E-state index is 12.9. The molecule has 1 amide bonds. The summed E-state index contributed by atoms with van der Waals surface area (Å²) < 4.78 is 7.55. The van der Waals surface area contributed by atoms with Crippen molar-refractivity contribution < 1.29 is 9.53 Å². The van der Waals surface area contributed by atoms with Crippen LogP contribution in [0.1, 0.15) is 24.5 Å². The monoisotopic (exact) mass is 497 g/mol. The van der Waals surface area contributed by atoms with Crippen LogP contribution in [0.15, 0.2) is 71.5 Å². The lowest BCUT2D eigenvalue weighted by atomic mass is 10.0. The molecule has 0 bridgehead atoms. The van der Waals surface area contributed by atoms with Gasteiger partial charge in [0.25, 0.3) is 5.56 Å². The molecule has 0 saturated carbocycles. The molecular weight excluding hydrogens is 470 g/mol.